The van der Waals surface area contributed by atoms with Crippen molar-refractivity contribution in [3.05, 3.63) is 78.1 Å². The van der Waals surface area contributed by atoms with Crippen LogP contribution in [0.25, 0.3) is 10.8 Å². The molecule has 0 bridgehead atoms. The number of pyridine rings is 1. The topological polar surface area (TPSA) is 146 Å². The summed E-state index contributed by atoms with van der Waals surface area (Å²) in [5.74, 6) is -3.03. The van der Waals surface area contributed by atoms with Gasteiger partial charge in [0, 0.05) is 24.5 Å². The Morgan fingerprint density at radius 3 is 2.33 bits per heavy atom. The highest BCUT2D eigenvalue weighted by molar-refractivity contribution is 6.06. The van der Waals surface area contributed by atoms with Gasteiger partial charge in [0.2, 0.25) is 11.8 Å². The van der Waals surface area contributed by atoms with Gasteiger partial charge in [0.15, 0.2) is 0 Å². The first kappa shape index (κ1) is 29.0. The second-order valence-corrected chi connectivity index (χ2v) is 9.50. The number of aldehydes is 1. The first-order valence-corrected chi connectivity index (χ1v) is 12.6. The van der Waals surface area contributed by atoms with Crippen LogP contribution in [0.2, 0.25) is 0 Å². The molecule has 3 aromatic rings. The molecule has 10 nitrogen and oxygen atoms in total. The van der Waals surface area contributed by atoms with E-state index in [9.17, 15) is 24.0 Å². The van der Waals surface area contributed by atoms with Gasteiger partial charge in [-0.05, 0) is 29.4 Å². The number of carboxylic acids is 1. The molecule has 2 aromatic carbocycles. The number of fused-ring (bicyclic) bond motifs is 1. The molecule has 204 valence electrons. The summed E-state index contributed by atoms with van der Waals surface area (Å²) in [7, 11) is 0. The number of aliphatic carboxylic acids is 1. The van der Waals surface area contributed by atoms with Crippen LogP contribution in [0, 0.1) is 5.92 Å². The molecule has 0 aliphatic rings. The van der Waals surface area contributed by atoms with Gasteiger partial charge >= 0.3 is 5.97 Å². The molecule has 39 heavy (non-hydrogen) atoms. The summed E-state index contributed by atoms with van der Waals surface area (Å²) in [5.41, 5.74) is 0.951. The van der Waals surface area contributed by atoms with Crippen molar-refractivity contribution in [2.24, 2.45) is 5.92 Å². The van der Waals surface area contributed by atoms with Crippen molar-refractivity contribution < 1.29 is 29.1 Å². The van der Waals surface area contributed by atoms with E-state index in [2.05, 4.69) is 15.6 Å². The van der Waals surface area contributed by atoms with Crippen molar-refractivity contribution >= 4 is 40.7 Å². The Morgan fingerprint density at radius 2 is 1.67 bits per heavy atom. The minimum absolute atomic E-state index is 0.0695. The summed E-state index contributed by atoms with van der Waals surface area (Å²) in [6, 6.07) is 16.2. The number of carbonyl (C=O) groups is 5. The zero-order valence-electron chi connectivity index (χ0n) is 21.9. The van der Waals surface area contributed by atoms with E-state index >= 15 is 0 Å². The van der Waals surface area contributed by atoms with Crippen LogP contribution in [-0.2, 0) is 25.7 Å². The largest absolute Gasteiger partial charge is 0.481 e. The van der Waals surface area contributed by atoms with E-state index in [1.807, 2.05) is 30.3 Å². The van der Waals surface area contributed by atoms with Crippen molar-refractivity contribution in [3.8, 4) is 0 Å². The molecule has 0 spiro atoms. The first-order valence-electron chi connectivity index (χ1n) is 12.6. The van der Waals surface area contributed by atoms with Crippen molar-refractivity contribution in [2.45, 2.75) is 45.3 Å². The zero-order valence-corrected chi connectivity index (χ0v) is 21.9. The van der Waals surface area contributed by atoms with Crippen molar-refractivity contribution in [2.75, 3.05) is 6.54 Å². The maximum absolute atomic E-state index is 13.8. The molecule has 10 heteroatoms. The summed E-state index contributed by atoms with van der Waals surface area (Å²) in [6.07, 6.45) is 1.64. The van der Waals surface area contributed by atoms with E-state index in [1.54, 1.807) is 44.2 Å². The molecule has 0 saturated heterocycles. The third-order valence-electron chi connectivity index (χ3n) is 6.15. The van der Waals surface area contributed by atoms with Gasteiger partial charge in [-0.1, -0.05) is 68.4 Å². The molecule has 1 heterocycles. The van der Waals surface area contributed by atoms with E-state index in [0.29, 0.717) is 11.7 Å². The van der Waals surface area contributed by atoms with Gasteiger partial charge in [-0.15, -0.1) is 0 Å². The van der Waals surface area contributed by atoms with E-state index in [1.165, 1.54) is 11.1 Å². The number of amides is 3. The Bertz CT molecular complexity index is 1320. The van der Waals surface area contributed by atoms with Gasteiger partial charge in [0.05, 0.1) is 12.6 Å². The molecular formula is C29H32N4O6. The molecule has 0 fully saturated rings. The Hall–Kier alpha value is -4.60. The van der Waals surface area contributed by atoms with Crippen molar-refractivity contribution in [1.29, 1.82) is 0 Å². The lowest BCUT2D eigenvalue weighted by atomic mass is 10.0. The fourth-order valence-electron chi connectivity index (χ4n) is 4.11. The second-order valence-electron chi connectivity index (χ2n) is 9.50. The third kappa shape index (κ3) is 8.19. The second kappa shape index (κ2) is 13.8. The van der Waals surface area contributed by atoms with Gasteiger partial charge in [-0.25, -0.2) is 0 Å². The zero-order chi connectivity index (χ0) is 28.4. The fraction of sp³-hybridized carbons (Fsp3) is 0.310. The molecule has 1 unspecified atom stereocenters. The number of carboxylic acid groups (broad SMARTS) is 1. The van der Waals surface area contributed by atoms with Crippen LogP contribution < -0.4 is 10.6 Å². The summed E-state index contributed by atoms with van der Waals surface area (Å²) in [6.45, 7) is 3.26. The summed E-state index contributed by atoms with van der Waals surface area (Å²) < 4.78 is 0. The Balaban J connectivity index is 1.82. The highest BCUT2D eigenvalue weighted by Gasteiger charge is 2.31. The van der Waals surface area contributed by atoms with Gasteiger partial charge < -0.3 is 25.4 Å². The van der Waals surface area contributed by atoms with Crippen LogP contribution in [0.3, 0.4) is 0 Å². The van der Waals surface area contributed by atoms with Crippen molar-refractivity contribution in [3.63, 3.8) is 0 Å². The Morgan fingerprint density at radius 1 is 0.974 bits per heavy atom. The Kier molecular flexibility index (Phi) is 10.3. The highest BCUT2D eigenvalue weighted by Crippen LogP contribution is 2.18. The van der Waals surface area contributed by atoms with Crippen LogP contribution in [0.5, 0.6) is 0 Å². The number of rotatable bonds is 13. The predicted octanol–water partition coefficient (Wildman–Crippen LogP) is 2.57. The number of benzene rings is 2. The molecule has 3 N–H and O–H groups in total. The third-order valence-corrected chi connectivity index (χ3v) is 6.15. The standard InChI is InChI=1S/C29H32N4O6/c1-19(2)26(32-28(38)27-23-11-7-6-10-21(23)14-15-30-27)29(39)33(16-20-8-4-3-5-9-20)17-24(35)31-22(18-34)12-13-25(36)37/h3-11,14-15,18-19,22,26H,12-13,16-17H2,1-2H3,(H,31,35)(H,32,38)(H,36,37)/t22?,26-/m0/s1. The number of hydrogen-bond donors (Lipinski definition) is 3. The quantitative estimate of drug-likeness (QED) is 0.287. The van der Waals surface area contributed by atoms with E-state index in [0.717, 1.165) is 10.9 Å². The number of carbonyl (C=O) groups excluding carboxylic acids is 4. The SMILES string of the molecule is CC(C)[C@H](NC(=O)c1nccc2ccccc12)C(=O)N(CC(=O)NC(C=O)CCC(=O)O)Cc1ccccc1. The first-order chi connectivity index (χ1) is 18.7. The monoisotopic (exact) mass is 532 g/mol. The average Bonchev–Trinajstić information content (AvgIpc) is 2.93. The van der Waals surface area contributed by atoms with Crippen LogP contribution in [0.4, 0.5) is 0 Å². The summed E-state index contributed by atoms with van der Waals surface area (Å²) >= 11 is 0. The van der Waals surface area contributed by atoms with Gasteiger partial charge in [-0.2, -0.15) is 0 Å². The van der Waals surface area contributed by atoms with Gasteiger partial charge in [0.25, 0.3) is 5.91 Å². The molecular weight excluding hydrogens is 500 g/mol. The van der Waals surface area contributed by atoms with E-state index in [4.69, 9.17) is 5.11 Å². The smallest absolute Gasteiger partial charge is 0.303 e. The predicted molar refractivity (Wildman–Crippen MR) is 145 cm³/mol. The minimum Gasteiger partial charge on any atom is -0.481 e. The molecule has 2 atom stereocenters. The maximum atomic E-state index is 13.8. The molecule has 3 amide bonds. The molecule has 0 aliphatic carbocycles. The lowest BCUT2D eigenvalue weighted by Crippen LogP contribution is -2.53. The van der Waals surface area contributed by atoms with Gasteiger partial charge in [0.1, 0.15) is 18.0 Å². The van der Waals surface area contributed by atoms with Crippen LogP contribution in [0.15, 0.2) is 66.9 Å². The van der Waals surface area contributed by atoms with E-state index in [-0.39, 0.29) is 31.0 Å². The maximum Gasteiger partial charge on any atom is 0.303 e. The summed E-state index contributed by atoms with van der Waals surface area (Å²) in [4.78, 5) is 67.7. The highest BCUT2D eigenvalue weighted by atomic mass is 16.4. The lowest BCUT2D eigenvalue weighted by Gasteiger charge is -2.30. The molecule has 0 saturated carbocycles. The van der Waals surface area contributed by atoms with E-state index < -0.39 is 42.3 Å². The molecule has 0 radical (unpaired) electrons. The molecule has 0 aliphatic heterocycles. The molecule has 3 rings (SSSR count). The normalized spacial score (nSPS) is 12.4. The summed E-state index contributed by atoms with van der Waals surface area (Å²) in [5, 5.41) is 15.7. The number of nitrogens with zero attached hydrogens (tertiary/aromatic N) is 2. The van der Waals surface area contributed by atoms with Crippen molar-refractivity contribution in [1.82, 2.24) is 20.5 Å². The van der Waals surface area contributed by atoms with Gasteiger partial charge in [-0.3, -0.25) is 24.2 Å². The average molecular weight is 533 g/mol. The van der Waals surface area contributed by atoms with Crippen LogP contribution in [-0.4, -0.2) is 63.6 Å². The number of nitrogens with one attached hydrogen (secondary N) is 2. The fourth-order valence-corrected chi connectivity index (χ4v) is 4.11. The Labute approximate surface area is 226 Å². The number of aromatic nitrogens is 1. The lowest BCUT2D eigenvalue weighted by molar-refractivity contribution is -0.139. The van der Waals surface area contributed by atoms with Crippen LogP contribution >= 0.6 is 0 Å². The van der Waals surface area contributed by atoms with Crippen LogP contribution in [0.1, 0.15) is 42.7 Å². The minimum atomic E-state index is -1.09. The molecule has 1 aromatic heterocycles. The number of hydrogen-bond acceptors (Lipinski definition) is 6.